The van der Waals surface area contributed by atoms with Gasteiger partial charge in [-0.2, -0.15) is 0 Å². The Kier molecular flexibility index (Phi) is 28.0. The first-order valence-corrected chi connectivity index (χ1v) is 26.8. The highest BCUT2D eigenvalue weighted by molar-refractivity contribution is 8.76. The second-order valence-corrected chi connectivity index (χ2v) is 20.4. The van der Waals surface area contributed by atoms with Gasteiger partial charge in [-0.15, -0.1) is 5.10 Å². The smallest absolute Gasteiger partial charge is 0.317 e. The van der Waals surface area contributed by atoms with E-state index in [1.165, 1.54) is 17.1 Å². The molecular formula is C45H78N8O12S2. The third-order valence-electron chi connectivity index (χ3n) is 12.3. The number of carboxylic acids is 2. The van der Waals surface area contributed by atoms with Gasteiger partial charge in [0.25, 0.3) is 11.8 Å². The maximum Gasteiger partial charge on any atom is 0.317 e. The van der Waals surface area contributed by atoms with Crippen molar-refractivity contribution in [2.45, 2.75) is 127 Å². The first-order valence-electron chi connectivity index (χ1n) is 24.4. The molecule has 22 heteroatoms. The van der Waals surface area contributed by atoms with Gasteiger partial charge in [0.1, 0.15) is 24.4 Å². The molecule has 20 nitrogen and oxygen atoms in total. The van der Waals surface area contributed by atoms with Crippen molar-refractivity contribution in [1.29, 1.82) is 0 Å². The van der Waals surface area contributed by atoms with Crippen LogP contribution in [0, 0.1) is 0 Å². The molecule has 1 aromatic rings. The molecule has 4 heterocycles. The average molecular weight is 987 g/mol. The van der Waals surface area contributed by atoms with Gasteiger partial charge in [0.2, 0.25) is 0 Å². The number of amides is 2. The summed E-state index contributed by atoms with van der Waals surface area (Å²) >= 11 is 0. The number of aryl methyl sites for hydroxylation is 2. The van der Waals surface area contributed by atoms with Gasteiger partial charge in [-0.3, -0.25) is 38.6 Å². The van der Waals surface area contributed by atoms with E-state index >= 15 is 0 Å². The fourth-order valence-corrected chi connectivity index (χ4v) is 10.6. The number of aliphatic carboxylic acids is 2. The van der Waals surface area contributed by atoms with E-state index in [0.717, 1.165) is 140 Å². The molecule has 67 heavy (non-hydrogen) atoms. The number of carbonyl (C=O) groups is 4. The lowest BCUT2D eigenvalue weighted by Gasteiger charge is -2.39. The van der Waals surface area contributed by atoms with Crippen molar-refractivity contribution in [3.8, 4) is 0 Å². The van der Waals surface area contributed by atoms with Crippen LogP contribution in [0.5, 0.6) is 0 Å². The van der Waals surface area contributed by atoms with E-state index in [0.29, 0.717) is 52.3 Å². The molecule has 382 valence electrons. The van der Waals surface area contributed by atoms with Crippen molar-refractivity contribution in [3.05, 3.63) is 24.0 Å². The minimum absolute atomic E-state index is 0.00922. The highest BCUT2D eigenvalue weighted by Crippen LogP contribution is 2.24. The van der Waals surface area contributed by atoms with Crippen LogP contribution in [-0.2, 0) is 41.6 Å². The number of hydrogen-bond donors (Lipinski definition) is 6. The largest absolute Gasteiger partial charge is 0.480 e. The lowest BCUT2D eigenvalue weighted by Crippen LogP contribution is -2.59. The molecule has 0 radical (unpaired) electrons. The summed E-state index contributed by atoms with van der Waals surface area (Å²) in [6.45, 7) is 8.50. The quantitative estimate of drug-likeness (QED) is 0.0362. The number of nitrogens with zero attached hydrogens (tertiary/aromatic N) is 8. The lowest BCUT2D eigenvalue weighted by atomic mass is 9.99. The number of rotatable bonds is 30. The van der Waals surface area contributed by atoms with Crippen molar-refractivity contribution >= 4 is 45.3 Å². The van der Waals surface area contributed by atoms with Crippen molar-refractivity contribution < 1.29 is 59.3 Å². The van der Waals surface area contributed by atoms with Gasteiger partial charge in [-0.1, -0.05) is 65.3 Å². The Morgan fingerprint density at radius 3 is 1.78 bits per heavy atom. The maximum atomic E-state index is 11.8. The van der Waals surface area contributed by atoms with Gasteiger partial charge in [-0.25, -0.2) is 0 Å². The van der Waals surface area contributed by atoms with Gasteiger partial charge >= 0.3 is 11.9 Å². The highest BCUT2D eigenvalue weighted by atomic mass is 33.1. The molecule has 2 amide bonds. The van der Waals surface area contributed by atoms with Crippen LogP contribution in [0.25, 0.3) is 0 Å². The third kappa shape index (κ3) is 22.7. The highest BCUT2D eigenvalue weighted by Gasteiger charge is 2.44. The zero-order valence-corrected chi connectivity index (χ0v) is 40.9. The maximum absolute atomic E-state index is 11.8. The minimum Gasteiger partial charge on any atom is -0.480 e. The molecule has 0 spiro atoms. The van der Waals surface area contributed by atoms with E-state index in [4.69, 9.17) is 9.47 Å². The SMILES string of the molecule is O=C(O)CN1CCCN(CCCSSCCCc2cn(CCCN3C(=O)C=CC3=O)nn2)CCN(CC(=O)O)CCCN(CCCCCCCCCCO[C@@H]2OC(CO)[C@@H](O)[C@H](O)C2O)CC1. The van der Waals surface area contributed by atoms with Crippen LogP contribution < -0.4 is 0 Å². The van der Waals surface area contributed by atoms with Crippen LogP contribution in [0.2, 0.25) is 0 Å². The Bertz CT molecular complexity index is 1600. The molecule has 0 aromatic carbocycles. The zero-order chi connectivity index (χ0) is 48.2. The molecule has 0 bridgehead atoms. The lowest BCUT2D eigenvalue weighted by molar-refractivity contribution is -0.301. The van der Waals surface area contributed by atoms with E-state index in [2.05, 4.69) is 29.9 Å². The van der Waals surface area contributed by atoms with Crippen molar-refractivity contribution in [1.82, 2.24) is 39.5 Å². The number of ether oxygens (including phenoxy) is 2. The Hall–Kier alpha value is -2.74. The second kappa shape index (κ2) is 33.0. The van der Waals surface area contributed by atoms with E-state index in [1.807, 2.05) is 27.8 Å². The standard InChI is InChI=1S/C45H78N8O12S2/c54-35-37-42(61)43(62)44(63)45(65-37)64-29-8-6-4-2-1-3-5-7-17-48-18-10-20-51(34-41(59)60)28-26-49(19-11-21-50(27-25-48)33-40(57)58)22-13-31-67-66-30-9-14-36-32-52(47-46-36)23-12-24-53-38(55)15-16-39(53)56/h15-16,32,37,42-45,54,61-63H,1-14,17-31,33-35H2,(H,57,58)(H,59,60)/t37?,42-,43+,44?,45-/m1/s1. The molecule has 3 aliphatic heterocycles. The molecular weight excluding hydrogens is 909 g/mol. The summed E-state index contributed by atoms with van der Waals surface area (Å²) in [7, 11) is 3.70. The van der Waals surface area contributed by atoms with Gasteiger partial charge in [0.05, 0.1) is 25.4 Å². The predicted octanol–water partition coefficient (Wildman–Crippen LogP) is 1.41. The summed E-state index contributed by atoms with van der Waals surface area (Å²) in [6.07, 6.45) is 11.5. The molecule has 4 rings (SSSR count). The third-order valence-corrected chi connectivity index (χ3v) is 14.9. The minimum atomic E-state index is -1.44. The van der Waals surface area contributed by atoms with Gasteiger partial charge < -0.3 is 49.9 Å². The van der Waals surface area contributed by atoms with E-state index < -0.39 is 49.3 Å². The Morgan fingerprint density at radius 2 is 1.18 bits per heavy atom. The number of aromatic nitrogens is 3. The summed E-state index contributed by atoms with van der Waals surface area (Å²) in [5.41, 5.74) is 0.923. The van der Waals surface area contributed by atoms with Gasteiger partial charge in [-0.05, 0) is 77.5 Å². The predicted molar refractivity (Wildman–Crippen MR) is 255 cm³/mol. The number of imide groups is 1. The average Bonchev–Trinajstić information content (AvgIpc) is 3.89. The zero-order valence-electron chi connectivity index (χ0n) is 39.3. The van der Waals surface area contributed by atoms with Gasteiger partial charge in [0, 0.05) is 88.8 Å². The molecule has 1 aromatic heterocycles. The second-order valence-electron chi connectivity index (χ2n) is 17.7. The number of aliphatic hydroxyl groups is 4. The van der Waals surface area contributed by atoms with E-state index in [9.17, 15) is 49.8 Å². The number of aliphatic hydroxyl groups excluding tert-OH is 4. The summed E-state index contributed by atoms with van der Waals surface area (Å²) in [4.78, 5) is 57.3. The first-order chi connectivity index (χ1) is 32.4. The fourth-order valence-electron chi connectivity index (χ4n) is 8.48. The molecule has 0 saturated carbocycles. The van der Waals surface area contributed by atoms with Crippen LogP contribution in [0.4, 0.5) is 0 Å². The Morgan fingerprint density at radius 1 is 0.642 bits per heavy atom. The topological polar surface area (TPSA) is 255 Å². The van der Waals surface area contributed by atoms with Crippen LogP contribution in [-0.4, -0.2) is 234 Å². The first kappa shape index (κ1) is 56.8. The van der Waals surface area contributed by atoms with Crippen molar-refractivity contribution in [2.24, 2.45) is 0 Å². The van der Waals surface area contributed by atoms with Crippen molar-refractivity contribution in [3.63, 3.8) is 0 Å². The molecule has 3 aliphatic rings. The number of carbonyl (C=O) groups excluding carboxylic acids is 2. The van der Waals surface area contributed by atoms with E-state index in [1.54, 1.807) is 4.68 Å². The summed E-state index contributed by atoms with van der Waals surface area (Å²) in [5, 5.41) is 67.2. The molecule has 2 fully saturated rings. The summed E-state index contributed by atoms with van der Waals surface area (Å²) < 4.78 is 12.7. The van der Waals surface area contributed by atoms with Crippen molar-refractivity contribution in [2.75, 3.05) is 110 Å². The summed E-state index contributed by atoms with van der Waals surface area (Å²) in [6, 6.07) is 0. The van der Waals surface area contributed by atoms with Crippen LogP contribution >= 0.6 is 21.6 Å². The molecule has 2 unspecified atom stereocenters. The molecule has 5 atom stereocenters. The molecule has 2 saturated heterocycles. The van der Waals surface area contributed by atoms with Crippen LogP contribution in [0.3, 0.4) is 0 Å². The van der Waals surface area contributed by atoms with Crippen LogP contribution in [0.15, 0.2) is 18.3 Å². The normalized spacial score (nSPS) is 23.6. The number of unbranched alkanes of at least 4 members (excludes halogenated alkanes) is 7. The van der Waals surface area contributed by atoms with Gasteiger partial charge in [0.15, 0.2) is 6.29 Å². The Balaban J connectivity index is 1.09. The molecule has 6 N–H and O–H groups in total. The summed E-state index contributed by atoms with van der Waals surface area (Å²) in [5.74, 6) is -0.215. The number of carboxylic acid groups (broad SMARTS) is 2. The molecule has 0 aliphatic carbocycles. The van der Waals surface area contributed by atoms with E-state index in [-0.39, 0.29) is 24.9 Å². The fraction of sp³-hybridized carbons (Fsp3) is 0.822. The monoisotopic (exact) mass is 987 g/mol. The Labute approximate surface area is 403 Å². The number of hydrogen-bond acceptors (Lipinski definition) is 18. The van der Waals surface area contributed by atoms with Crippen LogP contribution in [0.1, 0.15) is 89.2 Å².